The van der Waals surface area contributed by atoms with Crippen LogP contribution in [-0.4, -0.2) is 21.0 Å². The molecule has 5 heteroatoms. The summed E-state index contributed by atoms with van der Waals surface area (Å²) in [4.78, 5) is 21.9. The molecule has 0 aliphatic heterocycles. The van der Waals surface area contributed by atoms with Crippen molar-refractivity contribution in [2.75, 3.05) is 0 Å². The Morgan fingerprint density at radius 1 is 0.794 bits per heavy atom. The van der Waals surface area contributed by atoms with Crippen molar-refractivity contribution in [2.45, 2.75) is 18.1 Å². The van der Waals surface area contributed by atoms with E-state index in [0.717, 1.165) is 16.6 Å². The molecule has 5 rings (SSSR count). The van der Waals surface area contributed by atoms with E-state index in [2.05, 4.69) is 10.3 Å². The van der Waals surface area contributed by atoms with Crippen molar-refractivity contribution in [3.05, 3.63) is 138 Å². The molecule has 0 fully saturated rings. The Balaban J connectivity index is 1.55. The van der Waals surface area contributed by atoms with Crippen molar-refractivity contribution in [3.63, 3.8) is 0 Å². The molecule has 3 N–H and O–H groups in total. The number of benzene rings is 4. The van der Waals surface area contributed by atoms with E-state index < -0.39 is 17.6 Å². The lowest BCUT2D eigenvalue weighted by atomic mass is 9.85. The van der Waals surface area contributed by atoms with Gasteiger partial charge in [0.25, 0.3) is 5.91 Å². The molecule has 0 aliphatic carbocycles. The molecular weight excluding hydrogens is 422 g/mol. The SMILES string of the molecule is O=C(N[C@@H](Cc1ccccc1)c1nc2ccccc2[nH]1)C(O)(c1ccccc1)c1ccccc1. The number of amides is 1. The van der Waals surface area contributed by atoms with Crippen LogP contribution in [0.4, 0.5) is 0 Å². The lowest BCUT2D eigenvalue weighted by Gasteiger charge is -2.30. The van der Waals surface area contributed by atoms with Crippen LogP contribution < -0.4 is 5.32 Å². The van der Waals surface area contributed by atoms with Gasteiger partial charge < -0.3 is 15.4 Å². The van der Waals surface area contributed by atoms with Crippen LogP contribution in [0.15, 0.2) is 115 Å². The number of nitrogens with one attached hydrogen (secondary N) is 2. The first-order valence-electron chi connectivity index (χ1n) is 11.3. The number of H-pyrrole nitrogens is 1. The van der Waals surface area contributed by atoms with Crippen LogP contribution in [0.1, 0.15) is 28.6 Å². The molecule has 1 heterocycles. The maximum absolute atomic E-state index is 13.9. The predicted octanol–water partition coefficient (Wildman–Crippen LogP) is 4.90. The molecular formula is C29H25N3O2. The van der Waals surface area contributed by atoms with Crippen molar-refractivity contribution in [3.8, 4) is 0 Å². The zero-order chi connectivity index (χ0) is 23.4. The Kier molecular flexibility index (Phi) is 5.93. The number of aromatic nitrogens is 2. The highest BCUT2D eigenvalue weighted by Gasteiger charge is 2.41. The Morgan fingerprint density at radius 2 is 1.32 bits per heavy atom. The van der Waals surface area contributed by atoms with Crippen LogP contribution in [-0.2, 0) is 16.8 Å². The molecule has 34 heavy (non-hydrogen) atoms. The molecule has 4 aromatic carbocycles. The quantitative estimate of drug-likeness (QED) is 0.332. The summed E-state index contributed by atoms with van der Waals surface area (Å²) < 4.78 is 0. The molecule has 0 saturated heterocycles. The first kappa shape index (κ1) is 21.6. The number of hydrogen-bond donors (Lipinski definition) is 3. The van der Waals surface area contributed by atoms with Gasteiger partial charge in [-0.05, 0) is 35.2 Å². The van der Waals surface area contributed by atoms with Gasteiger partial charge >= 0.3 is 0 Å². The van der Waals surface area contributed by atoms with Gasteiger partial charge in [0.1, 0.15) is 5.82 Å². The van der Waals surface area contributed by atoms with Crippen LogP contribution in [0.5, 0.6) is 0 Å². The fourth-order valence-corrected chi connectivity index (χ4v) is 4.25. The summed E-state index contributed by atoms with van der Waals surface area (Å²) in [6, 6.07) is 35.3. The third kappa shape index (κ3) is 4.21. The zero-order valence-electron chi connectivity index (χ0n) is 18.6. The smallest absolute Gasteiger partial charge is 0.262 e. The molecule has 1 aromatic heterocycles. The second-order valence-electron chi connectivity index (χ2n) is 8.30. The minimum absolute atomic E-state index is 0.471. The lowest BCUT2D eigenvalue weighted by Crippen LogP contribution is -2.47. The van der Waals surface area contributed by atoms with E-state index in [1.807, 2.05) is 91.0 Å². The lowest BCUT2D eigenvalue weighted by molar-refractivity contribution is -0.137. The number of imidazole rings is 1. The Labute approximate surface area is 198 Å². The van der Waals surface area contributed by atoms with Gasteiger partial charge in [0.05, 0.1) is 17.1 Å². The summed E-state index contributed by atoms with van der Waals surface area (Å²) in [7, 11) is 0. The Hall–Kier alpha value is -4.22. The second-order valence-corrected chi connectivity index (χ2v) is 8.30. The molecule has 0 bridgehead atoms. The Bertz CT molecular complexity index is 1310. The summed E-state index contributed by atoms with van der Waals surface area (Å²) in [6.45, 7) is 0. The van der Waals surface area contributed by atoms with Crippen molar-refractivity contribution in [2.24, 2.45) is 0 Å². The first-order valence-corrected chi connectivity index (χ1v) is 11.3. The maximum Gasteiger partial charge on any atom is 0.262 e. The van der Waals surface area contributed by atoms with Gasteiger partial charge in [-0.25, -0.2) is 4.98 Å². The van der Waals surface area contributed by atoms with E-state index in [0.29, 0.717) is 23.4 Å². The van der Waals surface area contributed by atoms with E-state index in [4.69, 9.17) is 4.98 Å². The molecule has 1 atom stereocenters. The van der Waals surface area contributed by atoms with Crippen LogP contribution in [0, 0.1) is 0 Å². The molecule has 0 spiro atoms. The van der Waals surface area contributed by atoms with E-state index >= 15 is 0 Å². The average Bonchev–Trinajstić information content (AvgIpc) is 3.34. The monoisotopic (exact) mass is 447 g/mol. The summed E-state index contributed by atoms with van der Waals surface area (Å²) in [5, 5.41) is 15.0. The standard InChI is InChI=1S/C29H25N3O2/c33-28(29(34,22-14-6-2-7-15-22)23-16-8-3-9-17-23)32-26(20-21-12-4-1-5-13-21)27-30-24-18-10-11-19-25(24)31-27/h1-19,26,34H,20H2,(H,30,31)(H,32,33)/t26-/m0/s1. The summed E-state index contributed by atoms with van der Waals surface area (Å²) in [5.41, 5.74) is 1.92. The van der Waals surface area contributed by atoms with Crippen LogP contribution in [0.2, 0.25) is 0 Å². The minimum atomic E-state index is -1.86. The largest absolute Gasteiger partial charge is 0.372 e. The molecule has 5 nitrogen and oxygen atoms in total. The first-order chi connectivity index (χ1) is 16.6. The van der Waals surface area contributed by atoms with Crippen molar-refractivity contribution in [1.82, 2.24) is 15.3 Å². The number of para-hydroxylation sites is 2. The topological polar surface area (TPSA) is 78.0 Å². The third-order valence-corrected chi connectivity index (χ3v) is 6.04. The van der Waals surface area contributed by atoms with Gasteiger partial charge in [0.2, 0.25) is 0 Å². The minimum Gasteiger partial charge on any atom is -0.372 e. The summed E-state index contributed by atoms with van der Waals surface area (Å²) >= 11 is 0. The van der Waals surface area contributed by atoms with Gasteiger partial charge in [-0.2, -0.15) is 0 Å². The van der Waals surface area contributed by atoms with Gasteiger partial charge in [0.15, 0.2) is 5.60 Å². The number of fused-ring (bicyclic) bond motifs is 1. The molecule has 0 saturated carbocycles. The van der Waals surface area contributed by atoms with Gasteiger partial charge in [-0.1, -0.05) is 103 Å². The average molecular weight is 448 g/mol. The number of carbonyl (C=O) groups is 1. The van der Waals surface area contributed by atoms with E-state index in [1.165, 1.54) is 0 Å². The maximum atomic E-state index is 13.9. The van der Waals surface area contributed by atoms with Gasteiger partial charge in [0, 0.05) is 0 Å². The highest BCUT2D eigenvalue weighted by atomic mass is 16.3. The van der Waals surface area contributed by atoms with Crippen molar-refractivity contribution in [1.29, 1.82) is 0 Å². The van der Waals surface area contributed by atoms with E-state index in [9.17, 15) is 9.90 Å². The molecule has 1 amide bonds. The van der Waals surface area contributed by atoms with Crippen LogP contribution in [0.25, 0.3) is 11.0 Å². The summed E-state index contributed by atoms with van der Waals surface area (Å²) in [5.74, 6) is 0.133. The van der Waals surface area contributed by atoms with Crippen molar-refractivity contribution >= 4 is 16.9 Å². The predicted molar refractivity (Wildman–Crippen MR) is 133 cm³/mol. The number of aliphatic hydroxyl groups is 1. The molecule has 0 aliphatic rings. The van der Waals surface area contributed by atoms with Crippen molar-refractivity contribution < 1.29 is 9.90 Å². The van der Waals surface area contributed by atoms with Crippen LogP contribution in [0.3, 0.4) is 0 Å². The third-order valence-electron chi connectivity index (χ3n) is 6.04. The summed E-state index contributed by atoms with van der Waals surface area (Å²) in [6.07, 6.45) is 0.520. The normalized spacial score (nSPS) is 12.4. The second kappa shape index (κ2) is 9.33. The van der Waals surface area contributed by atoms with E-state index in [1.54, 1.807) is 24.3 Å². The highest BCUT2D eigenvalue weighted by Crippen LogP contribution is 2.31. The van der Waals surface area contributed by atoms with Gasteiger partial charge in [-0.3, -0.25) is 4.79 Å². The number of carbonyl (C=O) groups excluding carboxylic acids is 1. The molecule has 5 aromatic rings. The molecule has 0 unspecified atom stereocenters. The highest BCUT2D eigenvalue weighted by molar-refractivity contribution is 5.90. The molecule has 0 radical (unpaired) electrons. The molecule has 168 valence electrons. The zero-order valence-corrected chi connectivity index (χ0v) is 18.6. The number of aromatic amines is 1. The fraction of sp³-hybridized carbons (Fsp3) is 0.103. The fourth-order valence-electron chi connectivity index (χ4n) is 4.25. The number of rotatable bonds is 7. The number of nitrogens with zero attached hydrogens (tertiary/aromatic N) is 1. The van der Waals surface area contributed by atoms with Crippen LogP contribution >= 0.6 is 0 Å². The van der Waals surface area contributed by atoms with E-state index in [-0.39, 0.29) is 0 Å². The van der Waals surface area contributed by atoms with Gasteiger partial charge in [-0.15, -0.1) is 0 Å². The Morgan fingerprint density at radius 3 is 1.91 bits per heavy atom. The number of hydrogen-bond acceptors (Lipinski definition) is 3.